The van der Waals surface area contributed by atoms with E-state index in [1.807, 2.05) is 23.1 Å². The first-order chi connectivity index (χ1) is 11.9. The lowest BCUT2D eigenvalue weighted by Gasteiger charge is -2.28. The standard InChI is InChI=1S/C16H18N2O5S2/c1-10(19)7-24-16-17-12-8-25(20,21)9-13(12)18(16)11-2-3-14-15(6-11)23-5-4-22-14/h2-3,6,12-13H,4-5,7-9H2,1H3/t12-,13-/m0/s1. The summed E-state index contributed by atoms with van der Waals surface area (Å²) < 4.78 is 35.2. The van der Waals surface area contributed by atoms with Gasteiger partial charge in [0.1, 0.15) is 19.0 Å². The van der Waals surface area contributed by atoms with Crippen molar-refractivity contribution in [1.82, 2.24) is 0 Å². The number of anilines is 1. The maximum Gasteiger partial charge on any atom is 0.164 e. The second-order valence-electron chi connectivity index (χ2n) is 6.31. The molecule has 0 radical (unpaired) electrons. The quantitative estimate of drug-likeness (QED) is 0.774. The Morgan fingerprint density at radius 2 is 2.04 bits per heavy atom. The molecule has 3 heterocycles. The number of fused-ring (bicyclic) bond motifs is 2. The zero-order valence-electron chi connectivity index (χ0n) is 13.7. The van der Waals surface area contributed by atoms with E-state index in [1.54, 1.807) is 0 Å². The van der Waals surface area contributed by atoms with Gasteiger partial charge in [0.15, 0.2) is 26.5 Å². The molecule has 9 heteroatoms. The number of benzene rings is 1. The van der Waals surface area contributed by atoms with Crippen LogP contribution in [-0.4, -0.2) is 61.9 Å². The average molecular weight is 382 g/mol. The monoisotopic (exact) mass is 382 g/mol. The minimum absolute atomic E-state index is 0.0551. The van der Waals surface area contributed by atoms with Gasteiger partial charge in [-0.05, 0) is 19.1 Å². The molecule has 0 spiro atoms. The Labute approximate surface area is 150 Å². The van der Waals surface area contributed by atoms with Gasteiger partial charge in [0.2, 0.25) is 0 Å². The summed E-state index contributed by atoms with van der Waals surface area (Å²) in [6.07, 6.45) is 0. The van der Waals surface area contributed by atoms with Crippen molar-refractivity contribution in [2.24, 2.45) is 4.99 Å². The molecule has 1 fully saturated rings. The smallest absolute Gasteiger partial charge is 0.164 e. The fraction of sp³-hybridized carbons (Fsp3) is 0.500. The van der Waals surface area contributed by atoms with Crippen LogP contribution in [0.15, 0.2) is 23.2 Å². The van der Waals surface area contributed by atoms with Crippen molar-refractivity contribution in [3.63, 3.8) is 0 Å². The van der Waals surface area contributed by atoms with Crippen LogP contribution in [0.5, 0.6) is 11.5 Å². The molecule has 0 N–H and O–H groups in total. The van der Waals surface area contributed by atoms with E-state index in [1.165, 1.54) is 18.7 Å². The SMILES string of the molecule is CC(=O)CSC1=N[C@H]2CS(=O)(=O)C[C@@H]2N1c1ccc2c(c1)OCCO2. The molecule has 0 aromatic heterocycles. The zero-order valence-corrected chi connectivity index (χ0v) is 15.3. The van der Waals surface area contributed by atoms with Gasteiger partial charge < -0.3 is 14.4 Å². The Hall–Kier alpha value is -1.74. The summed E-state index contributed by atoms with van der Waals surface area (Å²) in [7, 11) is -3.10. The van der Waals surface area contributed by atoms with Gasteiger partial charge in [-0.2, -0.15) is 0 Å². The van der Waals surface area contributed by atoms with E-state index in [0.29, 0.717) is 35.6 Å². The maximum atomic E-state index is 12.0. The first-order valence-electron chi connectivity index (χ1n) is 8.02. The molecular weight excluding hydrogens is 364 g/mol. The Morgan fingerprint density at radius 1 is 1.28 bits per heavy atom. The minimum Gasteiger partial charge on any atom is -0.486 e. The number of hydrogen-bond donors (Lipinski definition) is 0. The number of thioether (sulfide) groups is 1. The molecule has 25 heavy (non-hydrogen) atoms. The summed E-state index contributed by atoms with van der Waals surface area (Å²) in [5.74, 6) is 1.82. The molecule has 0 unspecified atom stereocenters. The number of ether oxygens (including phenoxy) is 2. The zero-order chi connectivity index (χ0) is 17.6. The van der Waals surface area contributed by atoms with E-state index in [-0.39, 0.29) is 29.4 Å². The van der Waals surface area contributed by atoms with Crippen molar-refractivity contribution in [2.75, 3.05) is 35.4 Å². The molecule has 3 aliphatic heterocycles. The Bertz CT molecular complexity index is 852. The second kappa shape index (κ2) is 6.21. The van der Waals surface area contributed by atoms with Gasteiger partial charge in [-0.3, -0.25) is 9.79 Å². The van der Waals surface area contributed by atoms with Gasteiger partial charge in [0.05, 0.1) is 29.3 Å². The van der Waals surface area contributed by atoms with E-state index in [0.717, 1.165) is 5.69 Å². The molecule has 1 aromatic rings. The van der Waals surface area contributed by atoms with Gasteiger partial charge in [-0.15, -0.1) is 0 Å². The number of Topliss-reactive ketones (excluding diaryl/α,β-unsaturated/α-hetero) is 1. The van der Waals surface area contributed by atoms with Crippen LogP contribution in [-0.2, 0) is 14.6 Å². The number of aliphatic imine (C=N–C) groups is 1. The van der Waals surface area contributed by atoms with E-state index < -0.39 is 9.84 Å². The van der Waals surface area contributed by atoms with Crippen LogP contribution in [0.1, 0.15) is 6.92 Å². The van der Waals surface area contributed by atoms with Crippen molar-refractivity contribution in [2.45, 2.75) is 19.0 Å². The molecule has 0 amide bonds. The summed E-state index contributed by atoms with van der Waals surface area (Å²) in [4.78, 5) is 17.9. The number of ketones is 1. The summed E-state index contributed by atoms with van der Waals surface area (Å²) in [5, 5.41) is 0.691. The lowest BCUT2D eigenvalue weighted by molar-refractivity contribution is -0.114. The van der Waals surface area contributed by atoms with Gasteiger partial charge in [0.25, 0.3) is 0 Å². The number of nitrogens with zero attached hydrogens (tertiary/aromatic N) is 2. The third-order valence-corrected chi connectivity index (χ3v) is 7.13. The van der Waals surface area contributed by atoms with Gasteiger partial charge in [-0.25, -0.2) is 8.42 Å². The Balaban J connectivity index is 1.68. The molecule has 0 bridgehead atoms. The van der Waals surface area contributed by atoms with Crippen molar-refractivity contribution in [3.8, 4) is 11.5 Å². The predicted octanol–water partition coefficient (Wildman–Crippen LogP) is 1.12. The van der Waals surface area contributed by atoms with Gasteiger partial charge >= 0.3 is 0 Å². The van der Waals surface area contributed by atoms with Crippen LogP contribution in [0, 0.1) is 0 Å². The molecule has 1 aromatic carbocycles. The highest BCUT2D eigenvalue weighted by atomic mass is 32.2. The first-order valence-corrected chi connectivity index (χ1v) is 10.8. The predicted molar refractivity (Wildman–Crippen MR) is 96.7 cm³/mol. The fourth-order valence-corrected chi connectivity index (χ4v) is 6.05. The molecule has 0 aliphatic carbocycles. The van der Waals surface area contributed by atoms with E-state index in [2.05, 4.69) is 4.99 Å². The van der Waals surface area contributed by atoms with Crippen LogP contribution in [0.25, 0.3) is 0 Å². The van der Waals surface area contributed by atoms with E-state index in [9.17, 15) is 13.2 Å². The fourth-order valence-electron chi connectivity index (χ4n) is 3.28. The molecule has 4 rings (SSSR count). The normalized spacial score (nSPS) is 26.3. The van der Waals surface area contributed by atoms with Crippen molar-refractivity contribution in [3.05, 3.63) is 18.2 Å². The van der Waals surface area contributed by atoms with Crippen LogP contribution in [0.2, 0.25) is 0 Å². The van der Waals surface area contributed by atoms with E-state index >= 15 is 0 Å². The summed E-state index contributed by atoms with van der Waals surface area (Å²) in [6.45, 7) is 2.53. The number of carbonyl (C=O) groups excluding carboxylic acids is 1. The molecular formula is C16H18N2O5S2. The Kier molecular flexibility index (Phi) is 4.15. The van der Waals surface area contributed by atoms with Crippen molar-refractivity contribution in [1.29, 1.82) is 0 Å². The number of hydrogen-bond acceptors (Lipinski definition) is 8. The summed E-state index contributed by atoms with van der Waals surface area (Å²) in [5.41, 5.74) is 0.809. The molecule has 2 atom stereocenters. The third-order valence-electron chi connectivity index (χ3n) is 4.32. The van der Waals surface area contributed by atoms with Crippen molar-refractivity contribution < 1.29 is 22.7 Å². The highest BCUT2D eigenvalue weighted by Gasteiger charge is 2.47. The molecule has 134 valence electrons. The van der Waals surface area contributed by atoms with Crippen LogP contribution < -0.4 is 14.4 Å². The number of sulfone groups is 1. The lowest BCUT2D eigenvalue weighted by atomic mass is 10.1. The second-order valence-corrected chi connectivity index (χ2v) is 9.41. The summed E-state index contributed by atoms with van der Waals surface area (Å²) >= 11 is 1.35. The lowest BCUT2D eigenvalue weighted by Crippen LogP contribution is -2.39. The topological polar surface area (TPSA) is 85.3 Å². The molecule has 1 saturated heterocycles. The third kappa shape index (κ3) is 3.22. The minimum atomic E-state index is -3.10. The summed E-state index contributed by atoms with van der Waals surface area (Å²) in [6, 6.07) is 5.04. The largest absolute Gasteiger partial charge is 0.486 e. The van der Waals surface area contributed by atoms with Crippen LogP contribution in [0.3, 0.4) is 0 Å². The van der Waals surface area contributed by atoms with Crippen LogP contribution >= 0.6 is 11.8 Å². The molecule has 0 saturated carbocycles. The maximum absolute atomic E-state index is 12.0. The van der Waals surface area contributed by atoms with Gasteiger partial charge in [-0.1, -0.05) is 11.8 Å². The van der Waals surface area contributed by atoms with Crippen LogP contribution in [0.4, 0.5) is 5.69 Å². The van der Waals surface area contributed by atoms with E-state index in [4.69, 9.17) is 9.47 Å². The number of carbonyl (C=O) groups is 1. The first kappa shape index (κ1) is 16.7. The number of rotatable bonds is 3. The number of amidine groups is 1. The highest BCUT2D eigenvalue weighted by Crippen LogP contribution is 2.39. The molecule has 7 nitrogen and oxygen atoms in total. The van der Waals surface area contributed by atoms with Crippen molar-refractivity contribution >= 4 is 38.2 Å². The average Bonchev–Trinajstić information content (AvgIpc) is 3.03. The highest BCUT2D eigenvalue weighted by molar-refractivity contribution is 8.14. The molecule has 3 aliphatic rings. The van der Waals surface area contributed by atoms with Gasteiger partial charge in [0, 0.05) is 11.8 Å². The Morgan fingerprint density at radius 3 is 2.80 bits per heavy atom.